The number of hydrogen-bond acceptors (Lipinski definition) is 2. The van der Waals surface area contributed by atoms with Crippen LogP contribution in [-0.2, 0) is 9.47 Å². The van der Waals surface area contributed by atoms with Crippen molar-refractivity contribution in [2.75, 3.05) is 13.2 Å². The van der Waals surface area contributed by atoms with Crippen molar-refractivity contribution >= 4 is 0 Å². The first-order chi connectivity index (χ1) is 8.79. The molecule has 1 atom stereocenters. The minimum absolute atomic E-state index is 0.0535. The first-order valence-electron chi connectivity index (χ1n) is 7.48. The minimum atomic E-state index is 0.0535. The quantitative estimate of drug-likeness (QED) is 0.501. The zero-order chi connectivity index (χ0) is 13.1. The molecular formula is C16H28O2. The maximum Gasteiger partial charge on any atom is 0.157 e. The van der Waals surface area contributed by atoms with Crippen molar-refractivity contribution in [1.82, 2.24) is 0 Å². The molecule has 0 saturated carbocycles. The lowest BCUT2D eigenvalue weighted by molar-refractivity contribution is -0.162. The summed E-state index contributed by atoms with van der Waals surface area (Å²) in [6, 6.07) is 0. The van der Waals surface area contributed by atoms with Gasteiger partial charge in [-0.05, 0) is 38.0 Å². The molecule has 0 aromatic heterocycles. The van der Waals surface area contributed by atoms with E-state index < -0.39 is 0 Å². The van der Waals surface area contributed by atoms with Gasteiger partial charge in [-0.15, -0.1) is 11.8 Å². The molecular weight excluding hydrogens is 224 g/mol. The summed E-state index contributed by atoms with van der Waals surface area (Å²) in [7, 11) is 0. The third kappa shape index (κ3) is 8.55. The molecule has 1 fully saturated rings. The van der Waals surface area contributed by atoms with E-state index in [0.29, 0.717) is 0 Å². The van der Waals surface area contributed by atoms with Crippen LogP contribution in [0.5, 0.6) is 0 Å². The van der Waals surface area contributed by atoms with Crippen LogP contribution in [-0.4, -0.2) is 19.5 Å². The second kappa shape index (κ2) is 10.4. The summed E-state index contributed by atoms with van der Waals surface area (Å²) in [6.45, 7) is 6.17. The highest BCUT2D eigenvalue weighted by molar-refractivity contribution is 4.98. The van der Waals surface area contributed by atoms with Gasteiger partial charge in [0.2, 0.25) is 0 Å². The van der Waals surface area contributed by atoms with E-state index in [2.05, 4.69) is 25.7 Å². The SMILES string of the molecule is CC(C)CCCC#CCCCOC1CCCCO1. The van der Waals surface area contributed by atoms with Gasteiger partial charge in [-0.25, -0.2) is 0 Å². The van der Waals surface area contributed by atoms with Crippen molar-refractivity contribution in [3.63, 3.8) is 0 Å². The van der Waals surface area contributed by atoms with Gasteiger partial charge in [-0.2, -0.15) is 0 Å². The highest BCUT2D eigenvalue weighted by atomic mass is 16.7. The van der Waals surface area contributed by atoms with Gasteiger partial charge >= 0.3 is 0 Å². The van der Waals surface area contributed by atoms with Crippen LogP contribution in [0.2, 0.25) is 0 Å². The Morgan fingerprint density at radius 1 is 1.17 bits per heavy atom. The molecule has 1 aliphatic rings. The Balaban J connectivity index is 1.87. The third-order valence-corrected chi connectivity index (χ3v) is 3.10. The summed E-state index contributed by atoms with van der Waals surface area (Å²) in [6.07, 6.45) is 9.07. The molecule has 1 heterocycles. The predicted molar refractivity (Wildman–Crippen MR) is 75.2 cm³/mol. The Labute approximate surface area is 112 Å². The summed E-state index contributed by atoms with van der Waals surface area (Å²) in [5, 5.41) is 0. The molecule has 1 aliphatic heterocycles. The zero-order valence-corrected chi connectivity index (χ0v) is 12.0. The lowest BCUT2D eigenvalue weighted by Crippen LogP contribution is -2.22. The summed E-state index contributed by atoms with van der Waals surface area (Å²) < 4.78 is 11.2. The highest BCUT2D eigenvalue weighted by Crippen LogP contribution is 2.13. The Bertz CT molecular complexity index is 244. The van der Waals surface area contributed by atoms with E-state index in [9.17, 15) is 0 Å². The van der Waals surface area contributed by atoms with Crippen molar-refractivity contribution in [3.05, 3.63) is 0 Å². The summed E-state index contributed by atoms with van der Waals surface area (Å²) in [4.78, 5) is 0. The molecule has 0 radical (unpaired) electrons. The van der Waals surface area contributed by atoms with E-state index >= 15 is 0 Å². The average molecular weight is 252 g/mol. The first kappa shape index (κ1) is 15.5. The molecule has 2 nitrogen and oxygen atoms in total. The van der Waals surface area contributed by atoms with Crippen LogP contribution in [0.3, 0.4) is 0 Å². The molecule has 0 aromatic rings. The van der Waals surface area contributed by atoms with Crippen molar-refractivity contribution in [2.24, 2.45) is 5.92 Å². The van der Waals surface area contributed by atoms with E-state index in [1.807, 2.05) is 0 Å². The van der Waals surface area contributed by atoms with Crippen molar-refractivity contribution in [2.45, 2.75) is 71.5 Å². The molecule has 1 saturated heterocycles. The normalized spacial score (nSPS) is 19.6. The van der Waals surface area contributed by atoms with Crippen molar-refractivity contribution in [1.29, 1.82) is 0 Å². The van der Waals surface area contributed by atoms with Gasteiger partial charge in [0.05, 0.1) is 6.61 Å². The molecule has 2 heteroatoms. The fourth-order valence-corrected chi connectivity index (χ4v) is 1.99. The standard InChI is InChI=1S/C16H28O2/c1-15(2)11-7-5-3-4-6-9-13-17-16-12-8-10-14-18-16/h15-16H,5-14H2,1-2H3. The van der Waals surface area contributed by atoms with E-state index in [1.54, 1.807) is 0 Å². The Morgan fingerprint density at radius 3 is 2.61 bits per heavy atom. The van der Waals surface area contributed by atoms with Gasteiger partial charge < -0.3 is 9.47 Å². The van der Waals surface area contributed by atoms with E-state index in [1.165, 1.54) is 25.7 Å². The van der Waals surface area contributed by atoms with Gasteiger partial charge in [0.25, 0.3) is 0 Å². The third-order valence-electron chi connectivity index (χ3n) is 3.10. The largest absolute Gasteiger partial charge is 0.353 e. The molecule has 1 unspecified atom stereocenters. The average Bonchev–Trinajstić information content (AvgIpc) is 2.37. The Kier molecular flexibility index (Phi) is 8.98. The lowest BCUT2D eigenvalue weighted by atomic mass is 10.1. The summed E-state index contributed by atoms with van der Waals surface area (Å²) in [5.74, 6) is 7.27. The zero-order valence-electron chi connectivity index (χ0n) is 12.0. The van der Waals surface area contributed by atoms with Crippen LogP contribution in [0.4, 0.5) is 0 Å². The van der Waals surface area contributed by atoms with Crippen LogP contribution in [0, 0.1) is 17.8 Å². The second-order valence-electron chi connectivity index (χ2n) is 5.41. The van der Waals surface area contributed by atoms with Crippen molar-refractivity contribution in [3.8, 4) is 11.8 Å². The van der Waals surface area contributed by atoms with Gasteiger partial charge in [-0.3, -0.25) is 0 Å². The molecule has 0 bridgehead atoms. The van der Waals surface area contributed by atoms with Gasteiger partial charge in [0.15, 0.2) is 6.29 Å². The van der Waals surface area contributed by atoms with E-state index in [-0.39, 0.29) is 6.29 Å². The van der Waals surface area contributed by atoms with Gasteiger partial charge in [0, 0.05) is 19.4 Å². The number of rotatable bonds is 7. The van der Waals surface area contributed by atoms with Crippen LogP contribution in [0.15, 0.2) is 0 Å². The van der Waals surface area contributed by atoms with Crippen molar-refractivity contribution < 1.29 is 9.47 Å². The summed E-state index contributed by atoms with van der Waals surface area (Å²) >= 11 is 0. The highest BCUT2D eigenvalue weighted by Gasteiger charge is 2.12. The molecule has 18 heavy (non-hydrogen) atoms. The van der Waals surface area contributed by atoms with Gasteiger partial charge in [-0.1, -0.05) is 20.3 Å². The second-order valence-corrected chi connectivity index (χ2v) is 5.41. The topological polar surface area (TPSA) is 18.5 Å². The smallest absolute Gasteiger partial charge is 0.157 e. The molecule has 0 spiro atoms. The number of unbranched alkanes of at least 4 members (excludes halogenated alkanes) is 2. The fraction of sp³-hybridized carbons (Fsp3) is 0.875. The molecule has 1 rings (SSSR count). The summed E-state index contributed by atoms with van der Waals surface area (Å²) in [5.41, 5.74) is 0. The van der Waals surface area contributed by atoms with E-state index in [0.717, 1.165) is 44.8 Å². The molecule has 0 amide bonds. The maximum atomic E-state index is 5.65. The fourth-order valence-electron chi connectivity index (χ4n) is 1.99. The van der Waals surface area contributed by atoms with E-state index in [4.69, 9.17) is 9.47 Å². The first-order valence-corrected chi connectivity index (χ1v) is 7.48. The number of ether oxygens (including phenoxy) is 2. The van der Waals surface area contributed by atoms with Gasteiger partial charge in [0.1, 0.15) is 0 Å². The van der Waals surface area contributed by atoms with Crippen LogP contribution in [0.25, 0.3) is 0 Å². The molecule has 104 valence electrons. The molecule has 0 N–H and O–H groups in total. The Morgan fingerprint density at radius 2 is 1.94 bits per heavy atom. The minimum Gasteiger partial charge on any atom is -0.353 e. The monoisotopic (exact) mass is 252 g/mol. The molecule has 0 aliphatic carbocycles. The maximum absolute atomic E-state index is 5.65. The van der Waals surface area contributed by atoms with Crippen LogP contribution in [0.1, 0.15) is 65.2 Å². The van der Waals surface area contributed by atoms with Crippen LogP contribution >= 0.6 is 0 Å². The molecule has 0 aromatic carbocycles. The lowest BCUT2D eigenvalue weighted by Gasteiger charge is -2.22. The Hall–Kier alpha value is -0.520. The predicted octanol–water partition coefficient (Wildman–Crippen LogP) is 4.14. The number of hydrogen-bond donors (Lipinski definition) is 0. The van der Waals surface area contributed by atoms with Crippen LogP contribution < -0.4 is 0 Å².